The Morgan fingerprint density at radius 1 is 1.10 bits per heavy atom. The highest BCUT2D eigenvalue weighted by Crippen LogP contribution is 2.62. The number of aliphatic carboxylic acids is 1. The third-order valence-electron chi connectivity index (χ3n) is 7.25. The van der Waals surface area contributed by atoms with Crippen LogP contribution < -0.4 is 4.74 Å². The van der Waals surface area contributed by atoms with Gasteiger partial charge in [-0.05, 0) is 79.9 Å². The molecule has 4 fully saturated rings. The van der Waals surface area contributed by atoms with Gasteiger partial charge in [-0.2, -0.15) is 0 Å². The van der Waals surface area contributed by atoms with Gasteiger partial charge < -0.3 is 14.9 Å². The minimum atomic E-state index is -1.01. The molecule has 1 heterocycles. The molecule has 2 aromatic rings. The van der Waals surface area contributed by atoms with Gasteiger partial charge in [-0.1, -0.05) is 0 Å². The molecule has 6 rings (SSSR count). The topological polar surface area (TPSA) is 92.5 Å². The second kappa shape index (κ2) is 7.11. The number of ether oxygens (including phenoxy) is 1. The number of carboxylic acid groups (broad SMARTS) is 1. The monoisotopic (exact) mass is 406 g/mol. The summed E-state index contributed by atoms with van der Waals surface area (Å²) in [6.07, 6.45) is 13.2. The van der Waals surface area contributed by atoms with E-state index < -0.39 is 5.97 Å². The lowest BCUT2D eigenvalue weighted by Gasteiger charge is -2.57. The Kier molecular flexibility index (Phi) is 4.53. The van der Waals surface area contributed by atoms with Crippen LogP contribution in [0.1, 0.15) is 49.7 Å². The van der Waals surface area contributed by atoms with Crippen molar-refractivity contribution in [2.75, 3.05) is 7.11 Å². The number of phenolic OH excluding ortho intramolecular Hbond substituents is 1. The average molecular weight is 406 g/mol. The van der Waals surface area contributed by atoms with E-state index in [0.29, 0.717) is 17.1 Å². The van der Waals surface area contributed by atoms with E-state index in [2.05, 4.69) is 9.97 Å². The summed E-state index contributed by atoms with van der Waals surface area (Å²) in [7, 11) is 1.57. The van der Waals surface area contributed by atoms with Crippen LogP contribution in [0.15, 0.2) is 30.6 Å². The van der Waals surface area contributed by atoms with E-state index in [9.17, 15) is 9.90 Å². The normalized spacial score (nSPS) is 29.4. The van der Waals surface area contributed by atoms with Crippen LogP contribution in [0.2, 0.25) is 0 Å². The molecule has 0 unspecified atom stereocenters. The molecule has 0 radical (unpaired) electrons. The predicted octanol–water partition coefficient (Wildman–Crippen LogP) is 4.42. The van der Waals surface area contributed by atoms with Crippen molar-refractivity contribution in [2.24, 2.45) is 17.8 Å². The lowest BCUT2D eigenvalue weighted by atomic mass is 9.48. The summed E-state index contributed by atoms with van der Waals surface area (Å²) in [5.41, 5.74) is 2.43. The number of hydrogen-bond acceptors (Lipinski definition) is 5. The Labute approximate surface area is 175 Å². The lowest BCUT2D eigenvalue weighted by Crippen LogP contribution is -2.48. The van der Waals surface area contributed by atoms with Crippen molar-refractivity contribution in [3.05, 3.63) is 41.7 Å². The quantitative estimate of drug-likeness (QED) is 0.714. The van der Waals surface area contributed by atoms with Gasteiger partial charge in [0.05, 0.1) is 7.11 Å². The van der Waals surface area contributed by atoms with Crippen molar-refractivity contribution < 1.29 is 19.7 Å². The van der Waals surface area contributed by atoms with Gasteiger partial charge in [-0.3, -0.25) is 0 Å². The van der Waals surface area contributed by atoms with Gasteiger partial charge >= 0.3 is 5.97 Å². The first-order valence-corrected chi connectivity index (χ1v) is 10.6. The number of methoxy groups -OCH3 is 1. The molecule has 0 amide bonds. The molecule has 1 aromatic carbocycles. The maximum absolute atomic E-state index is 11.1. The van der Waals surface area contributed by atoms with Gasteiger partial charge in [0.2, 0.25) is 0 Å². The van der Waals surface area contributed by atoms with Gasteiger partial charge in [0.1, 0.15) is 0 Å². The molecule has 1 aromatic heterocycles. The Hall–Kier alpha value is -2.89. The zero-order valence-electron chi connectivity index (χ0n) is 17.0. The average Bonchev–Trinajstić information content (AvgIpc) is 2.72. The van der Waals surface area contributed by atoms with Crippen LogP contribution in [-0.2, 0) is 10.2 Å². The van der Waals surface area contributed by atoms with Crippen LogP contribution in [0.4, 0.5) is 0 Å². The van der Waals surface area contributed by atoms with Crippen molar-refractivity contribution >= 4 is 12.0 Å². The number of benzene rings is 1. The SMILES string of the molecule is COc1cc(-c2ncc(C=CC(=O)O)cn2)cc(C23CC4CC(CC(C4)C2)C3)c1O. The summed E-state index contributed by atoms with van der Waals surface area (Å²) >= 11 is 0. The lowest BCUT2D eigenvalue weighted by molar-refractivity contribution is -0.131. The highest BCUT2D eigenvalue weighted by molar-refractivity contribution is 5.85. The molecule has 2 N–H and O–H groups in total. The fraction of sp³-hybridized carbons (Fsp3) is 0.458. The molecule has 6 heteroatoms. The van der Waals surface area contributed by atoms with E-state index in [0.717, 1.165) is 54.2 Å². The van der Waals surface area contributed by atoms with E-state index >= 15 is 0 Å². The largest absolute Gasteiger partial charge is 0.504 e. The Bertz CT molecular complexity index is 977. The standard InChI is InChI=1S/C24H26N2O4/c1-30-20-8-18(23-25-12-14(13-26-23)2-3-21(27)28)7-19(22(20)29)24-9-15-4-16(10-24)6-17(5-15)11-24/h2-3,7-8,12-13,15-17,29H,4-6,9-11H2,1H3,(H,27,28). The van der Waals surface area contributed by atoms with Crippen LogP contribution in [0.3, 0.4) is 0 Å². The molecule has 0 aliphatic heterocycles. The van der Waals surface area contributed by atoms with E-state index in [1.165, 1.54) is 25.3 Å². The number of carboxylic acids is 1. The van der Waals surface area contributed by atoms with E-state index in [1.807, 2.05) is 6.07 Å². The molecule has 4 aliphatic carbocycles. The number of rotatable bonds is 5. The number of phenols is 1. The molecular weight excluding hydrogens is 380 g/mol. The Morgan fingerprint density at radius 3 is 2.23 bits per heavy atom. The molecule has 0 saturated heterocycles. The predicted molar refractivity (Wildman–Crippen MR) is 112 cm³/mol. The molecule has 6 nitrogen and oxygen atoms in total. The fourth-order valence-corrected chi connectivity index (χ4v) is 6.48. The summed E-state index contributed by atoms with van der Waals surface area (Å²) in [5, 5.41) is 19.8. The Balaban J connectivity index is 1.54. The van der Waals surface area contributed by atoms with Gasteiger partial charge in [0.25, 0.3) is 0 Å². The molecule has 4 saturated carbocycles. The second-order valence-electron chi connectivity index (χ2n) is 9.28. The van der Waals surface area contributed by atoms with Gasteiger partial charge in [0.15, 0.2) is 17.3 Å². The molecule has 4 bridgehead atoms. The first-order valence-electron chi connectivity index (χ1n) is 10.6. The third kappa shape index (κ3) is 3.24. The molecular formula is C24H26N2O4. The maximum atomic E-state index is 11.1. The maximum Gasteiger partial charge on any atom is 0.328 e. The van der Waals surface area contributed by atoms with Crippen molar-refractivity contribution in [1.82, 2.24) is 9.97 Å². The van der Waals surface area contributed by atoms with Crippen LogP contribution in [0.25, 0.3) is 17.5 Å². The first kappa shape index (κ1) is 19.1. The number of carbonyl (C=O) groups is 1. The van der Waals surface area contributed by atoms with Crippen LogP contribution in [-0.4, -0.2) is 33.3 Å². The van der Waals surface area contributed by atoms with Crippen molar-refractivity contribution in [2.45, 2.75) is 43.9 Å². The summed E-state index contributed by atoms with van der Waals surface area (Å²) in [4.78, 5) is 19.6. The summed E-state index contributed by atoms with van der Waals surface area (Å²) in [6.45, 7) is 0. The van der Waals surface area contributed by atoms with Crippen molar-refractivity contribution in [3.8, 4) is 22.9 Å². The van der Waals surface area contributed by atoms with Crippen LogP contribution >= 0.6 is 0 Å². The third-order valence-corrected chi connectivity index (χ3v) is 7.25. The van der Waals surface area contributed by atoms with Crippen LogP contribution in [0, 0.1) is 17.8 Å². The minimum Gasteiger partial charge on any atom is -0.504 e. The van der Waals surface area contributed by atoms with Gasteiger partial charge in [0, 0.05) is 35.2 Å². The minimum absolute atomic E-state index is 0.0201. The second-order valence-corrected chi connectivity index (χ2v) is 9.28. The number of hydrogen-bond donors (Lipinski definition) is 2. The molecule has 0 spiro atoms. The fourth-order valence-electron chi connectivity index (χ4n) is 6.48. The number of aromatic hydroxyl groups is 1. The summed E-state index contributed by atoms with van der Waals surface area (Å²) < 4.78 is 5.52. The van der Waals surface area contributed by atoms with Gasteiger partial charge in [-0.15, -0.1) is 0 Å². The van der Waals surface area contributed by atoms with E-state index in [-0.39, 0.29) is 11.2 Å². The highest BCUT2D eigenvalue weighted by Gasteiger charge is 2.52. The zero-order chi connectivity index (χ0) is 20.9. The van der Waals surface area contributed by atoms with E-state index in [1.54, 1.807) is 25.6 Å². The first-order chi connectivity index (χ1) is 14.5. The molecule has 156 valence electrons. The summed E-state index contributed by atoms with van der Waals surface area (Å²) in [5.74, 6) is 2.53. The van der Waals surface area contributed by atoms with Crippen molar-refractivity contribution in [3.63, 3.8) is 0 Å². The summed E-state index contributed by atoms with van der Waals surface area (Å²) in [6, 6.07) is 3.83. The zero-order valence-corrected chi connectivity index (χ0v) is 17.0. The molecule has 30 heavy (non-hydrogen) atoms. The number of nitrogens with zero attached hydrogens (tertiary/aromatic N) is 2. The highest BCUT2D eigenvalue weighted by atomic mass is 16.5. The molecule has 4 aliphatic rings. The van der Waals surface area contributed by atoms with Crippen molar-refractivity contribution in [1.29, 1.82) is 0 Å². The number of aromatic nitrogens is 2. The Morgan fingerprint density at radius 2 is 1.70 bits per heavy atom. The smallest absolute Gasteiger partial charge is 0.328 e. The molecule has 0 atom stereocenters. The van der Waals surface area contributed by atoms with Gasteiger partial charge in [-0.25, -0.2) is 14.8 Å². The van der Waals surface area contributed by atoms with E-state index in [4.69, 9.17) is 9.84 Å². The van der Waals surface area contributed by atoms with Crippen LogP contribution in [0.5, 0.6) is 11.5 Å².